The lowest BCUT2D eigenvalue weighted by atomic mass is 10.1. The van der Waals surface area contributed by atoms with Gasteiger partial charge in [-0.1, -0.05) is 24.2 Å². The molecule has 6 heteroatoms. The summed E-state index contributed by atoms with van der Waals surface area (Å²) in [5, 5.41) is 3.93. The van der Waals surface area contributed by atoms with Crippen molar-refractivity contribution < 1.29 is 18.8 Å². The zero-order valence-corrected chi connectivity index (χ0v) is 12.3. The van der Waals surface area contributed by atoms with Gasteiger partial charge in [-0.05, 0) is 25.5 Å². The zero-order chi connectivity index (χ0) is 15.2. The van der Waals surface area contributed by atoms with Crippen molar-refractivity contribution in [3.05, 3.63) is 30.2 Å². The average Bonchev–Trinajstić information content (AvgIpc) is 2.97. The summed E-state index contributed by atoms with van der Waals surface area (Å²) in [4.78, 5) is 16.2. The molecular weight excluding hydrogens is 272 g/mol. The second-order valence-electron chi connectivity index (χ2n) is 4.37. The molecule has 0 saturated carbocycles. The molecule has 0 spiro atoms. The van der Waals surface area contributed by atoms with Crippen LogP contribution in [0.5, 0.6) is 5.75 Å². The van der Waals surface area contributed by atoms with Gasteiger partial charge in [0.2, 0.25) is 11.7 Å². The van der Waals surface area contributed by atoms with E-state index < -0.39 is 5.92 Å². The van der Waals surface area contributed by atoms with Gasteiger partial charge in [-0.2, -0.15) is 4.98 Å². The molecule has 0 aliphatic carbocycles. The second kappa shape index (κ2) is 6.88. The Morgan fingerprint density at radius 1 is 1.33 bits per heavy atom. The van der Waals surface area contributed by atoms with E-state index in [-0.39, 0.29) is 11.9 Å². The van der Waals surface area contributed by atoms with Gasteiger partial charge in [0.05, 0.1) is 19.3 Å². The Balaban J connectivity index is 2.30. The smallest absolute Gasteiger partial charge is 0.318 e. The first kappa shape index (κ1) is 15.0. The van der Waals surface area contributed by atoms with Gasteiger partial charge in [0.15, 0.2) is 0 Å². The van der Waals surface area contributed by atoms with E-state index in [1.165, 1.54) is 0 Å². The number of ether oxygens (including phenoxy) is 2. The predicted molar refractivity (Wildman–Crippen MR) is 76.0 cm³/mol. The number of nitrogens with zero attached hydrogens (tertiary/aromatic N) is 2. The number of para-hydroxylation sites is 1. The Hall–Kier alpha value is -2.37. The minimum atomic E-state index is -0.541. The molecule has 0 N–H and O–H groups in total. The first-order valence-corrected chi connectivity index (χ1v) is 6.84. The fourth-order valence-corrected chi connectivity index (χ4v) is 2.00. The zero-order valence-electron chi connectivity index (χ0n) is 12.3. The van der Waals surface area contributed by atoms with Crippen LogP contribution in [0.1, 0.15) is 32.1 Å². The minimum absolute atomic E-state index is 0.261. The number of rotatable bonds is 6. The van der Waals surface area contributed by atoms with Crippen LogP contribution in [0, 0.1) is 0 Å². The number of hydrogen-bond acceptors (Lipinski definition) is 6. The van der Waals surface area contributed by atoms with Gasteiger partial charge in [0.1, 0.15) is 11.7 Å². The Labute approximate surface area is 123 Å². The van der Waals surface area contributed by atoms with E-state index in [0.29, 0.717) is 30.2 Å². The first-order valence-electron chi connectivity index (χ1n) is 6.84. The lowest BCUT2D eigenvalue weighted by Gasteiger charge is -2.08. The third-order valence-corrected chi connectivity index (χ3v) is 3.07. The third-order valence-electron chi connectivity index (χ3n) is 3.07. The van der Waals surface area contributed by atoms with Crippen molar-refractivity contribution in [1.29, 1.82) is 0 Å². The third kappa shape index (κ3) is 3.21. The number of carbonyl (C=O) groups excluding carboxylic acids is 1. The van der Waals surface area contributed by atoms with E-state index in [9.17, 15) is 4.79 Å². The van der Waals surface area contributed by atoms with Crippen LogP contribution in [0.4, 0.5) is 0 Å². The highest BCUT2D eigenvalue weighted by Gasteiger charge is 2.27. The van der Waals surface area contributed by atoms with Gasteiger partial charge in [0, 0.05) is 0 Å². The van der Waals surface area contributed by atoms with Crippen LogP contribution in [0.15, 0.2) is 28.8 Å². The van der Waals surface area contributed by atoms with Crippen LogP contribution < -0.4 is 4.74 Å². The summed E-state index contributed by atoms with van der Waals surface area (Å²) >= 11 is 0. The molecule has 0 amide bonds. The van der Waals surface area contributed by atoms with Crippen LogP contribution in [-0.2, 0) is 9.53 Å². The number of aromatic nitrogens is 2. The molecule has 2 aromatic rings. The molecule has 1 aromatic carbocycles. The Kier molecular flexibility index (Phi) is 4.92. The van der Waals surface area contributed by atoms with E-state index in [1.54, 1.807) is 14.0 Å². The predicted octanol–water partition coefficient (Wildman–Crippen LogP) is 2.80. The van der Waals surface area contributed by atoms with Gasteiger partial charge < -0.3 is 14.0 Å². The summed E-state index contributed by atoms with van der Waals surface area (Å²) in [6.45, 7) is 3.95. The summed E-state index contributed by atoms with van der Waals surface area (Å²) in [5.41, 5.74) is 0.716. The highest BCUT2D eigenvalue weighted by Crippen LogP contribution is 2.29. The Bertz CT molecular complexity index is 609. The summed E-state index contributed by atoms with van der Waals surface area (Å²) in [6.07, 6.45) is 0.534. The molecule has 21 heavy (non-hydrogen) atoms. The van der Waals surface area contributed by atoms with Crippen molar-refractivity contribution in [1.82, 2.24) is 10.1 Å². The fourth-order valence-electron chi connectivity index (χ4n) is 2.00. The second-order valence-corrected chi connectivity index (χ2v) is 4.37. The topological polar surface area (TPSA) is 74.5 Å². The summed E-state index contributed by atoms with van der Waals surface area (Å²) in [6, 6.07) is 7.36. The summed E-state index contributed by atoms with van der Waals surface area (Å²) < 4.78 is 15.5. The number of hydrogen-bond donors (Lipinski definition) is 0. The molecule has 1 atom stereocenters. The highest BCUT2D eigenvalue weighted by atomic mass is 16.5. The monoisotopic (exact) mass is 290 g/mol. The van der Waals surface area contributed by atoms with Gasteiger partial charge >= 0.3 is 5.97 Å². The van der Waals surface area contributed by atoms with Gasteiger partial charge in [-0.15, -0.1) is 0 Å². The van der Waals surface area contributed by atoms with Crippen molar-refractivity contribution >= 4 is 5.97 Å². The van der Waals surface area contributed by atoms with E-state index in [2.05, 4.69) is 10.1 Å². The molecule has 0 radical (unpaired) electrons. The maximum atomic E-state index is 11.9. The van der Waals surface area contributed by atoms with Crippen molar-refractivity contribution in [3.63, 3.8) is 0 Å². The molecule has 0 aliphatic heterocycles. The van der Waals surface area contributed by atoms with Crippen molar-refractivity contribution in [2.75, 3.05) is 13.7 Å². The maximum absolute atomic E-state index is 11.9. The standard InChI is InChI=1S/C15H18N2O4/c1-4-10(15(18)20-5-2)14-16-13(17-21-14)11-8-6-7-9-12(11)19-3/h6-10H,4-5H2,1-3H3. The van der Waals surface area contributed by atoms with E-state index >= 15 is 0 Å². The van der Waals surface area contributed by atoms with Gasteiger partial charge in [-0.25, -0.2) is 0 Å². The number of methoxy groups -OCH3 is 1. The quantitative estimate of drug-likeness (QED) is 0.761. The van der Waals surface area contributed by atoms with E-state index in [4.69, 9.17) is 14.0 Å². The molecule has 1 unspecified atom stereocenters. The average molecular weight is 290 g/mol. The lowest BCUT2D eigenvalue weighted by Crippen LogP contribution is -2.15. The van der Waals surface area contributed by atoms with Crippen molar-refractivity contribution in [2.24, 2.45) is 0 Å². The summed E-state index contributed by atoms with van der Waals surface area (Å²) in [5.74, 6) is 0.409. The highest BCUT2D eigenvalue weighted by molar-refractivity contribution is 5.77. The molecule has 1 heterocycles. The van der Waals surface area contributed by atoms with Gasteiger partial charge in [0.25, 0.3) is 0 Å². The molecule has 0 aliphatic rings. The van der Waals surface area contributed by atoms with Crippen LogP contribution in [0.3, 0.4) is 0 Å². The normalized spacial score (nSPS) is 12.0. The van der Waals surface area contributed by atoms with Crippen LogP contribution in [-0.4, -0.2) is 29.8 Å². The van der Waals surface area contributed by atoms with Crippen molar-refractivity contribution in [2.45, 2.75) is 26.2 Å². The van der Waals surface area contributed by atoms with E-state index in [1.807, 2.05) is 31.2 Å². The molecule has 0 fully saturated rings. The molecular formula is C15H18N2O4. The van der Waals surface area contributed by atoms with Crippen molar-refractivity contribution in [3.8, 4) is 17.1 Å². The molecule has 6 nitrogen and oxygen atoms in total. The molecule has 112 valence electrons. The largest absolute Gasteiger partial charge is 0.496 e. The molecule has 0 saturated heterocycles. The van der Waals surface area contributed by atoms with Crippen LogP contribution in [0.25, 0.3) is 11.4 Å². The molecule has 1 aromatic heterocycles. The minimum Gasteiger partial charge on any atom is -0.496 e. The van der Waals surface area contributed by atoms with Crippen LogP contribution >= 0.6 is 0 Å². The SMILES string of the molecule is CCOC(=O)C(CC)c1nc(-c2ccccc2OC)no1. The lowest BCUT2D eigenvalue weighted by molar-refractivity contribution is -0.145. The fraction of sp³-hybridized carbons (Fsp3) is 0.400. The van der Waals surface area contributed by atoms with Crippen LogP contribution in [0.2, 0.25) is 0 Å². The number of esters is 1. The van der Waals surface area contributed by atoms with E-state index in [0.717, 1.165) is 0 Å². The van der Waals surface area contributed by atoms with Gasteiger partial charge in [-0.3, -0.25) is 4.79 Å². The molecule has 2 rings (SSSR count). The summed E-state index contributed by atoms with van der Waals surface area (Å²) in [7, 11) is 1.58. The first-order chi connectivity index (χ1) is 10.2. The molecule has 0 bridgehead atoms. The number of carbonyl (C=O) groups is 1. The number of benzene rings is 1. The maximum Gasteiger partial charge on any atom is 0.318 e. The Morgan fingerprint density at radius 2 is 2.10 bits per heavy atom. The Morgan fingerprint density at radius 3 is 2.76 bits per heavy atom.